The largest absolute Gasteiger partial charge is 0.449 e. The maximum atomic E-state index is 15.1. The fourth-order valence-corrected chi connectivity index (χ4v) is 8.43. The second-order valence-electron chi connectivity index (χ2n) is 10.4. The van der Waals surface area contributed by atoms with Crippen LogP contribution in [0.3, 0.4) is 0 Å². The maximum absolute atomic E-state index is 15.1. The molecule has 0 saturated carbocycles. The zero-order valence-electron chi connectivity index (χ0n) is 22.5. The number of nitrogens with zero attached hydrogens (tertiary/aromatic N) is 1. The van der Waals surface area contributed by atoms with Crippen LogP contribution in [0.4, 0.5) is 0 Å². The Kier molecular flexibility index (Phi) is 5.70. The fraction of sp³-hybridized carbons (Fsp3) is 0. The number of aromatic nitrogens is 1. The van der Waals surface area contributed by atoms with Crippen LogP contribution in [0.15, 0.2) is 146 Å². The molecule has 1 aliphatic rings. The smallest absolute Gasteiger partial charge is 0.177 e. The first kappa shape index (κ1) is 24.6. The van der Waals surface area contributed by atoms with Crippen molar-refractivity contribution >= 4 is 44.6 Å². The van der Waals surface area contributed by atoms with E-state index in [2.05, 4.69) is 23.2 Å². The normalized spacial score (nSPS) is 12.3. The van der Waals surface area contributed by atoms with Crippen molar-refractivity contribution in [3.63, 3.8) is 0 Å². The fourth-order valence-electron chi connectivity index (χ4n) is 5.80. The minimum Gasteiger partial charge on any atom is -0.449 e. The SMILES string of the molecule is O=P(c1ccccc1)(c1ccccc1)c1cncc(-c2cc3c(c4ccccc24)Oc2cc4ccccc4cc2O3)c1. The highest BCUT2D eigenvalue weighted by Crippen LogP contribution is 2.52. The third-order valence-electron chi connectivity index (χ3n) is 7.84. The molecule has 7 aromatic rings. The molecule has 0 aliphatic carbocycles. The molecular formula is C37H24NO3P. The van der Waals surface area contributed by atoms with E-state index in [0.717, 1.165) is 43.3 Å². The van der Waals surface area contributed by atoms with Gasteiger partial charge in [0.25, 0.3) is 0 Å². The average molecular weight is 562 g/mol. The Morgan fingerprint density at radius 2 is 1.07 bits per heavy atom. The summed E-state index contributed by atoms with van der Waals surface area (Å²) in [5.74, 6) is 2.67. The number of pyridine rings is 1. The molecule has 6 aromatic carbocycles. The molecule has 42 heavy (non-hydrogen) atoms. The van der Waals surface area contributed by atoms with Gasteiger partial charge in [0.2, 0.25) is 0 Å². The molecule has 2 heterocycles. The lowest BCUT2D eigenvalue weighted by atomic mass is 9.97. The summed E-state index contributed by atoms with van der Waals surface area (Å²) in [7, 11) is -3.19. The standard InChI is InChI=1S/C37H24NO3P/c39-42(28-13-3-1-4-14-28,29-15-5-2-6-16-29)30-19-27(23-38-24-30)33-22-36-37(32-18-10-9-17-31(32)33)41-35-21-26-12-8-7-11-25(26)20-34(35)40-36/h1-24H. The number of rotatable bonds is 4. The van der Waals surface area contributed by atoms with Gasteiger partial charge in [-0.25, -0.2) is 0 Å². The minimum absolute atomic E-state index is 0.631. The minimum atomic E-state index is -3.19. The number of fused-ring (bicyclic) bond motifs is 5. The molecule has 8 rings (SSSR count). The molecule has 0 unspecified atom stereocenters. The van der Waals surface area contributed by atoms with E-state index in [1.54, 1.807) is 6.20 Å². The highest BCUT2D eigenvalue weighted by molar-refractivity contribution is 7.85. The van der Waals surface area contributed by atoms with E-state index in [4.69, 9.17) is 9.47 Å². The Morgan fingerprint density at radius 3 is 1.74 bits per heavy atom. The van der Waals surface area contributed by atoms with Crippen molar-refractivity contribution in [3.05, 3.63) is 146 Å². The topological polar surface area (TPSA) is 48.4 Å². The number of ether oxygens (including phenoxy) is 2. The Hall–Kier alpha value is -5.18. The summed E-state index contributed by atoms with van der Waals surface area (Å²) in [5, 5.41) is 6.32. The van der Waals surface area contributed by atoms with E-state index in [1.165, 1.54) is 0 Å². The lowest BCUT2D eigenvalue weighted by Crippen LogP contribution is -2.25. The summed E-state index contributed by atoms with van der Waals surface area (Å²) in [4.78, 5) is 4.62. The predicted molar refractivity (Wildman–Crippen MR) is 171 cm³/mol. The number of benzene rings is 6. The summed E-state index contributed by atoms with van der Waals surface area (Å²) in [5.41, 5.74) is 1.78. The molecule has 200 valence electrons. The monoisotopic (exact) mass is 561 g/mol. The first-order valence-electron chi connectivity index (χ1n) is 13.8. The first-order chi connectivity index (χ1) is 20.7. The van der Waals surface area contributed by atoms with Crippen LogP contribution < -0.4 is 25.4 Å². The Bertz CT molecular complexity index is 2130. The van der Waals surface area contributed by atoms with Crippen LogP contribution in [0.2, 0.25) is 0 Å². The van der Waals surface area contributed by atoms with Crippen molar-refractivity contribution in [1.29, 1.82) is 0 Å². The van der Waals surface area contributed by atoms with Crippen molar-refractivity contribution in [2.45, 2.75) is 0 Å². The van der Waals surface area contributed by atoms with Crippen molar-refractivity contribution in [1.82, 2.24) is 4.98 Å². The second-order valence-corrected chi connectivity index (χ2v) is 13.1. The zero-order valence-corrected chi connectivity index (χ0v) is 23.4. The molecule has 5 heteroatoms. The van der Waals surface area contributed by atoms with Crippen LogP contribution in [0.5, 0.6) is 23.0 Å². The van der Waals surface area contributed by atoms with Crippen molar-refractivity contribution < 1.29 is 14.0 Å². The molecule has 0 radical (unpaired) electrons. The Morgan fingerprint density at radius 1 is 0.500 bits per heavy atom. The van der Waals surface area contributed by atoms with Gasteiger partial charge in [-0.1, -0.05) is 109 Å². The molecule has 0 bridgehead atoms. The summed E-state index contributed by atoms with van der Waals surface area (Å²) < 4.78 is 28.0. The van der Waals surface area contributed by atoms with Gasteiger partial charge in [0.1, 0.15) is 0 Å². The average Bonchev–Trinajstić information content (AvgIpc) is 3.06. The van der Waals surface area contributed by atoms with E-state index >= 15 is 4.57 Å². The predicted octanol–water partition coefficient (Wildman–Crippen LogP) is 8.59. The highest BCUT2D eigenvalue weighted by Gasteiger charge is 2.31. The van der Waals surface area contributed by atoms with Gasteiger partial charge in [0, 0.05) is 39.3 Å². The van der Waals surface area contributed by atoms with Gasteiger partial charge in [-0.15, -0.1) is 0 Å². The summed E-state index contributed by atoms with van der Waals surface area (Å²) in [6, 6.07) is 43.7. The molecule has 0 saturated heterocycles. The maximum Gasteiger partial charge on any atom is 0.177 e. The van der Waals surface area contributed by atoms with Crippen LogP contribution in [0.1, 0.15) is 0 Å². The molecule has 4 nitrogen and oxygen atoms in total. The molecule has 0 N–H and O–H groups in total. The number of hydrogen-bond donors (Lipinski definition) is 0. The molecular weight excluding hydrogens is 537 g/mol. The van der Waals surface area contributed by atoms with Gasteiger partial charge in [0.15, 0.2) is 30.1 Å². The zero-order chi connectivity index (χ0) is 28.1. The Labute approximate surface area is 243 Å². The Balaban J connectivity index is 1.31. The van der Waals surface area contributed by atoms with E-state index in [9.17, 15) is 0 Å². The van der Waals surface area contributed by atoms with Crippen LogP contribution in [0.25, 0.3) is 32.7 Å². The third kappa shape index (κ3) is 3.92. The molecule has 1 aromatic heterocycles. The molecule has 1 aliphatic heterocycles. The van der Waals surface area contributed by atoms with Crippen molar-refractivity contribution in [2.75, 3.05) is 0 Å². The van der Waals surface area contributed by atoms with Gasteiger partial charge in [-0.2, -0.15) is 0 Å². The summed E-state index contributed by atoms with van der Waals surface area (Å²) in [6.07, 6.45) is 3.55. The van der Waals surface area contributed by atoms with Crippen molar-refractivity contribution in [2.24, 2.45) is 0 Å². The summed E-state index contributed by atoms with van der Waals surface area (Å²) in [6.45, 7) is 0. The van der Waals surface area contributed by atoms with E-state index < -0.39 is 7.14 Å². The number of hydrogen-bond acceptors (Lipinski definition) is 4. The van der Waals surface area contributed by atoms with Gasteiger partial charge in [-0.3, -0.25) is 4.98 Å². The summed E-state index contributed by atoms with van der Waals surface area (Å²) >= 11 is 0. The van der Waals surface area contributed by atoms with Crippen LogP contribution in [-0.4, -0.2) is 4.98 Å². The van der Waals surface area contributed by atoms with Crippen molar-refractivity contribution in [3.8, 4) is 34.1 Å². The lowest BCUT2D eigenvalue weighted by Gasteiger charge is -2.24. The molecule has 0 atom stereocenters. The molecule has 0 fully saturated rings. The third-order valence-corrected chi connectivity index (χ3v) is 10.9. The van der Waals surface area contributed by atoms with E-state index in [0.29, 0.717) is 28.3 Å². The van der Waals surface area contributed by atoms with E-state index in [-0.39, 0.29) is 0 Å². The highest BCUT2D eigenvalue weighted by atomic mass is 31.2. The van der Waals surface area contributed by atoms with Gasteiger partial charge in [0.05, 0.1) is 0 Å². The van der Waals surface area contributed by atoms with E-state index in [1.807, 2.05) is 121 Å². The van der Waals surface area contributed by atoms with Gasteiger partial charge in [-0.05, 0) is 46.0 Å². The van der Waals surface area contributed by atoms with Crippen LogP contribution >= 0.6 is 7.14 Å². The van der Waals surface area contributed by atoms with Crippen LogP contribution in [0, 0.1) is 0 Å². The second kappa shape index (κ2) is 9.73. The quantitative estimate of drug-likeness (QED) is 0.202. The molecule has 0 amide bonds. The molecule has 0 spiro atoms. The van der Waals surface area contributed by atoms with Crippen LogP contribution in [-0.2, 0) is 4.57 Å². The first-order valence-corrected chi connectivity index (χ1v) is 15.5. The lowest BCUT2D eigenvalue weighted by molar-refractivity contribution is 0.364. The van der Waals surface area contributed by atoms with Gasteiger partial charge < -0.3 is 14.0 Å². The van der Waals surface area contributed by atoms with Gasteiger partial charge >= 0.3 is 0 Å².